The van der Waals surface area contributed by atoms with Crippen LogP contribution in [0.15, 0.2) is 52.3 Å². The summed E-state index contributed by atoms with van der Waals surface area (Å²) in [6.07, 6.45) is 0.151. The number of ether oxygens (including phenoxy) is 2. The second kappa shape index (κ2) is 7.20. The topological polar surface area (TPSA) is 55.9 Å². The van der Waals surface area contributed by atoms with Gasteiger partial charge in [-0.1, -0.05) is 53.7 Å². The third-order valence-corrected chi connectivity index (χ3v) is 6.69. The summed E-state index contributed by atoms with van der Waals surface area (Å²) in [5.74, 6) is 0.713. The van der Waals surface area contributed by atoms with E-state index in [1.807, 2.05) is 12.1 Å². The Morgan fingerprint density at radius 2 is 1.50 bits per heavy atom. The average Bonchev–Trinajstić information content (AvgIpc) is 3.42. The number of hydrogen-bond donors (Lipinski definition) is 0. The minimum Gasteiger partial charge on any atom is -0.490 e. The molecule has 5 heteroatoms. The van der Waals surface area contributed by atoms with Gasteiger partial charge in [-0.2, -0.15) is 0 Å². The molecule has 1 saturated heterocycles. The monoisotopic (exact) mass is 402 g/mol. The van der Waals surface area contributed by atoms with Crippen LogP contribution in [0.3, 0.4) is 0 Å². The van der Waals surface area contributed by atoms with Crippen molar-refractivity contribution >= 4 is 9.84 Å². The Morgan fingerprint density at radius 3 is 2.00 bits per heavy atom. The molecule has 1 atom stereocenters. The van der Waals surface area contributed by atoms with Crippen LogP contribution >= 0.6 is 0 Å². The highest BCUT2D eigenvalue weighted by molar-refractivity contribution is 7.91. The summed E-state index contributed by atoms with van der Waals surface area (Å²) >= 11 is 0. The van der Waals surface area contributed by atoms with E-state index in [0.717, 1.165) is 17.7 Å². The lowest BCUT2D eigenvalue weighted by atomic mass is 9.86. The van der Waals surface area contributed by atoms with Gasteiger partial charge in [0.25, 0.3) is 0 Å². The zero-order valence-electron chi connectivity index (χ0n) is 17.6. The van der Waals surface area contributed by atoms with Crippen LogP contribution in [-0.4, -0.2) is 27.7 Å². The fraction of sp³-hybridized carbons (Fsp3) is 0.478. The molecule has 152 valence electrons. The van der Waals surface area contributed by atoms with Gasteiger partial charge in [-0.25, -0.2) is 8.42 Å². The van der Waals surface area contributed by atoms with Gasteiger partial charge in [-0.15, -0.1) is 0 Å². The maximum atomic E-state index is 13.2. The molecule has 1 aliphatic rings. The molecule has 1 heterocycles. The van der Waals surface area contributed by atoms with Gasteiger partial charge >= 0.3 is 0 Å². The molecule has 3 rings (SSSR count). The first-order chi connectivity index (χ1) is 12.9. The van der Waals surface area contributed by atoms with E-state index in [9.17, 15) is 8.42 Å². The summed E-state index contributed by atoms with van der Waals surface area (Å²) < 4.78 is 37.5. The van der Waals surface area contributed by atoms with Gasteiger partial charge in [-0.3, -0.25) is 0 Å². The molecule has 0 N–H and O–H groups in total. The van der Waals surface area contributed by atoms with E-state index >= 15 is 0 Å². The van der Waals surface area contributed by atoms with Crippen molar-refractivity contribution in [3.05, 3.63) is 53.6 Å². The first-order valence-corrected chi connectivity index (χ1v) is 11.1. The highest BCUT2D eigenvalue weighted by Crippen LogP contribution is 2.35. The molecule has 1 unspecified atom stereocenters. The zero-order chi connectivity index (χ0) is 20.7. The number of sulfone groups is 1. The molecule has 0 saturated carbocycles. The van der Waals surface area contributed by atoms with E-state index in [1.165, 1.54) is 0 Å². The molecular weight excluding hydrogens is 372 g/mol. The van der Waals surface area contributed by atoms with E-state index in [4.69, 9.17) is 9.47 Å². The van der Waals surface area contributed by atoms with Crippen LogP contribution in [0, 0.1) is 0 Å². The van der Waals surface area contributed by atoms with Crippen LogP contribution in [0.5, 0.6) is 5.75 Å². The Balaban J connectivity index is 1.96. The highest BCUT2D eigenvalue weighted by Gasteiger charge is 2.27. The van der Waals surface area contributed by atoms with Crippen molar-refractivity contribution in [1.29, 1.82) is 0 Å². The second-order valence-electron chi connectivity index (χ2n) is 9.45. The van der Waals surface area contributed by atoms with Crippen LogP contribution in [-0.2, 0) is 25.4 Å². The van der Waals surface area contributed by atoms with E-state index in [2.05, 4.69) is 41.5 Å². The molecule has 2 aromatic rings. The summed E-state index contributed by atoms with van der Waals surface area (Å²) in [7, 11) is -3.60. The Hall–Kier alpha value is -1.85. The van der Waals surface area contributed by atoms with Crippen molar-refractivity contribution in [3.8, 4) is 5.75 Å². The minimum atomic E-state index is -3.60. The summed E-state index contributed by atoms with van der Waals surface area (Å²) in [5.41, 5.74) is 1.71. The Bertz CT molecular complexity index is 942. The molecule has 0 radical (unpaired) electrons. The van der Waals surface area contributed by atoms with Gasteiger partial charge in [0.2, 0.25) is 9.84 Å². The molecule has 28 heavy (non-hydrogen) atoms. The third kappa shape index (κ3) is 4.58. The molecule has 0 spiro atoms. The van der Waals surface area contributed by atoms with Gasteiger partial charge in [0.1, 0.15) is 18.5 Å². The average molecular weight is 403 g/mol. The SMILES string of the molecule is CC(C)(C)c1ccc(S(=O)(=O)c2ccc(OCC3CO3)c(C(C)(C)C)c2)cc1. The predicted molar refractivity (Wildman–Crippen MR) is 111 cm³/mol. The quantitative estimate of drug-likeness (QED) is 0.668. The molecule has 2 aromatic carbocycles. The van der Waals surface area contributed by atoms with E-state index in [-0.39, 0.29) is 21.8 Å². The molecule has 0 amide bonds. The summed E-state index contributed by atoms with van der Waals surface area (Å²) in [6.45, 7) is 13.7. The molecule has 4 nitrogen and oxygen atoms in total. The fourth-order valence-corrected chi connectivity index (χ4v) is 4.29. The van der Waals surface area contributed by atoms with Crippen molar-refractivity contribution in [2.75, 3.05) is 13.2 Å². The maximum Gasteiger partial charge on any atom is 0.206 e. The third-order valence-electron chi connectivity index (χ3n) is 4.93. The van der Waals surface area contributed by atoms with Gasteiger partial charge in [-0.05, 0) is 46.7 Å². The van der Waals surface area contributed by atoms with Gasteiger partial charge in [0.15, 0.2) is 0 Å². The Morgan fingerprint density at radius 1 is 0.929 bits per heavy atom. The number of rotatable bonds is 5. The zero-order valence-corrected chi connectivity index (χ0v) is 18.4. The molecule has 0 aliphatic carbocycles. The maximum absolute atomic E-state index is 13.2. The van der Waals surface area contributed by atoms with Crippen LogP contribution in [0.25, 0.3) is 0 Å². The van der Waals surface area contributed by atoms with E-state index in [0.29, 0.717) is 17.3 Å². The smallest absolute Gasteiger partial charge is 0.206 e. The molecule has 1 aliphatic heterocycles. The fourth-order valence-electron chi connectivity index (χ4n) is 3.01. The lowest BCUT2D eigenvalue weighted by Gasteiger charge is -2.24. The second-order valence-corrected chi connectivity index (χ2v) is 11.4. The Kier molecular flexibility index (Phi) is 5.36. The van der Waals surface area contributed by atoms with Crippen LogP contribution < -0.4 is 4.74 Å². The molecule has 0 bridgehead atoms. The first-order valence-electron chi connectivity index (χ1n) is 9.63. The minimum absolute atomic E-state index is 0.0219. The number of hydrogen-bond acceptors (Lipinski definition) is 4. The van der Waals surface area contributed by atoms with Crippen LogP contribution in [0.1, 0.15) is 52.7 Å². The number of benzene rings is 2. The van der Waals surface area contributed by atoms with Gasteiger partial charge in [0.05, 0.1) is 16.4 Å². The molecule has 1 fully saturated rings. The lowest BCUT2D eigenvalue weighted by molar-refractivity contribution is 0.258. The van der Waals surface area contributed by atoms with E-state index in [1.54, 1.807) is 30.3 Å². The standard InChI is InChI=1S/C23H30O4S/c1-22(2,3)16-7-9-18(10-8-16)28(24,25)19-11-12-21(27-15-17-14-26-17)20(13-19)23(4,5)6/h7-13,17H,14-15H2,1-6H3. The first kappa shape index (κ1) is 20.9. The summed E-state index contributed by atoms with van der Waals surface area (Å²) in [6, 6.07) is 12.3. The highest BCUT2D eigenvalue weighted by atomic mass is 32.2. The lowest BCUT2D eigenvalue weighted by Crippen LogP contribution is -2.16. The van der Waals surface area contributed by atoms with Crippen LogP contribution in [0.2, 0.25) is 0 Å². The van der Waals surface area contributed by atoms with Crippen molar-refractivity contribution in [1.82, 2.24) is 0 Å². The van der Waals surface area contributed by atoms with Crippen molar-refractivity contribution in [2.24, 2.45) is 0 Å². The normalized spacial score (nSPS) is 17.4. The van der Waals surface area contributed by atoms with Crippen molar-refractivity contribution < 1.29 is 17.9 Å². The molecule has 0 aromatic heterocycles. The van der Waals surface area contributed by atoms with Crippen molar-refractivity contribution in [2.45, 2.75) is 68.3 Å². The predicted octanol–water partition coefficient (Wildman–Crippen LogP) is 4.89. The molecular formula is C23H30O4S. The largest absolute Gasteiger partial charge is 0.490 e. The Labute approximate surface area is 168 Å². The summed E-state index contributed by atoms with van der Waals surface area (Å²) in [5, 5.41) is 0. The van der Waals surface area contributed by atoms with Crippen molar-refractivity contribution in [3.63, 3.8) is 0 Å². The van der Waals surface area contributed by atoms with Gasteiger partial charge in [0, 0.05) is 5.56 Å². The van der Waals surface area contributed by atoms with Crippen LogP contribution in [0.4, 0.5) is 0 Å². The van der Waals surface area contributed by atoms with E-state index < -0.39 is 9.84 Å². The van der Waals surface area contributed by atoms with Gasteiger partial charge < -0.3 is 9.47 Å². The summed E-state index contributed by atoms with van der Waals surface area (Å²) in [4.78, 5) is 0.594. The number of epoxide rings is 1.